The number of carbonyl (C=O) groups excluding carboxylic acids is 1. The summed E-state index contributed by atoms with van der Waals surface area (Å²) in [6, 6.07) is 7.76. The van der Waals surface area contributed by atoms with Gasteiger partial charge in [0.15, 0.2) is 0 Å². The minimum atomic E-state index is -0.507. The highest BCUT2D eigenvalue weighted by molar-refractivity contribution is 6.31. The maximum Gasteiger partial charge on any atom is 0.248 e. The van der Waals surface area contributed by atoms with E-state index in [0.29, 0.717) is 52.4 Å². The van der Waals surface area contributed by atoms with E-state index in [9.17, 15) is 9.18 Å². The number of rotatable bonds is 7. The number of methoxy groups -OCH3 is 1. The molecule has 2 saturated heterocycles. The molecule has 2 aliphatic rings. The highest BCUT2D eigenvalue weighted by atomic mass is 35.5. The van der Waals surface area contributed by atoms with E-state index in [2.05, 4.69) is 25.5 Å². The summed E-state index contributed by atoms with van der Waals surface area (Å²) in [6.07, 6.45) is 5.12. The van der Waals surface area contributed by atoms with E-state index in [1.54, 1.807) is 18.2 Å². The third-order valence-corrected chi connectivity index (χ3v) is 6.30. The lowest BCUT2D eigenvalue weighted by Gasteiger charge is -2.28. The van der Waals surface area contributed by atoms with Gasteiger partial charge < -0.3 is 20.1 Å². The molecule has 0 aliphatic carbocycles. The molecular formula is C24H23ClFN5O3. The zero-order valence-corrected chi connectivity index (χ0v) is 19.2. The molecule has 2 aromatic carbocycles. The van der Waals surface area contributed by atoms with Gasteiger partial charge in [-0.1, -0.05) is 17.7 Å². The van der Waals surface area contributed by atoms with Gasteiger partial charge in [-0.05, 0) is 24.3 Å². The molecule has 1 amide bonds. The number of nitrogens with one attached hydrogen (secondary N) is 2. The van der Waals surface area contributed by atoms with Gasteiger partial charge in [-0.3, -0.25) is 9.69 Å². The van der Waals surface area contributed by atoms with E-state index in [1.165, 1.54) is 31.6 Å². The van der Waals surface area contributed by atoms with Crippen LogP contribution in [0.1, 0.15) is 0 Å². The molecule has 3 heterocycles. The fourth-order valence-corrected chi connectivity index (χ4v) is 4.37. The molecular weight excluding hydrogens is 461 g/mol. The molecule has 10 heteroatoms. The Labute approximate surface area is 200 Å². The van der Waals surface area contributed by atoms with Crippen molar-refractivity contribution in [3.05, 3.63) is 59.7 Å². The molecule has 5 rings (SSSR count). The van der Waals surface area contributed by atoms with Crippen molar-refractivity contribution in [2.75, 3.05) is 44.0 Å². The highest BCUT2D eigenvalue weighted by Crippen LogP contribution is 2.33. The minimum absolute atomic E-state index is 0.00104. The van der Waals surface area contributed by atoms with Crippen molar-refractivity contribution < 1.29 is 18.7 Å². The first kappa shape index (κ1) is 22.5. The van der Waals surface area contributed by atoms with Crippen molar-refractivity contribution in [2.24, 2.45) is 5.92 Å². The molecule has 8 nitrogen and oxygen atoms in total. The van der Waals surface area contributed by atoms with Crippen LogP contribution in [-0.2, 0) is 9.53 Å². The highest BCUT2D eigenvalue weighted by Gasteiger charge is 2.40. The van der Waals surface area contributed by atoms with Crippen molar-refractivity contribution in [3.8, 4) is 5.75 Å². The first-order chi connectivity index (χ1) is 16.5. The molecule has 176 valence electrons. The number of fused-ring (bicyclic) bond motifs is 2. The van der Waals surface area contributed by atoms with Gasteiger partial charge in [0.1, 0.15) is 23.7 Å². The molecule has 0 saturated carbocycles. The summed E-state index contributed by atoms with van der Waals surface area (Å²) in [7, 11) is 1.53. The molecule has 2 N–H and O–H groups in total. The number of halogens is 2. The normalized spacial score (nSPS) is 19.7. The SMILES string of the molecule is COc1cc2ncnc(Nc3ccc(F)c(Cl)c3)c2cc1NC(=O)/C=C/CN1CC2COC2C1. The van der Waals surface area contributed by atoms with Crippen molar-refractivity contribution in [1.82, 2.24) is 14.9 Å². The smallest absolute Gasteiger partial charge is 0.248 e. The Kier molecular flexibility index (Phi) is 6.32. The lowest BCUT2D eigenvalue weighted by atomic mass is 10.0. The van der Waals surface area contributed by atoms with Crippen LogP contribution in [0.2, 0.25) is 5.02 Å². The van der Waals surface area contributed by atoms with Crippen LogP contribution < -0.4 is 15.4 Å². The zero-order valence-electron chi connectivity index (χ0n) is 18.4. The molecule has 2 fully saturated rings. The van der Waals surface area contributed by atoms with Crippen LogP contribution in [0.5, 0.6) is 5.75 Å². The van der Waals surface area contributed by atoms with Crippen LogP contribution in [0.3, 0.4) is 0 Å². The van der Waals surface area contributed by atoms with Crippen molar-refractivity contribution in [3.63, 3.8) is 0 Å². The van der Waals surface area contributed by atoms with E-state index in [4.69, 9.17) is 21.1 Å². The number of hydrogen-bond acceptors (Lipinski definition) is 7. The largest absolute Gasteiger partial charge is 0.494 e. The van der Waals surface area contributed by atoms with Gasteiger partial charge in [0, 0.05) is 48.8 Å². The Morgan fingerprint density at radius 3 is 2.91 bits per heavy atom. The van der Waals surface area contributed by atoms with Crippen LogP contribution in [0.15, 0.2) is 48.8 Å². The van der Waals surface area contributed by atoms with E-state index in [1.807, 2.05) is 6.08 Å². The minimum Gasteiger partial charge on any atom is -0.494 e. The lowest BCUT2D eigenvalue weighted by Crippen LogP contribution is -2.37. The van der Waals surface area contributed by atoms with E-state index < -0.39 is 5.82 Å². The maximum atomic E-state index is 13.5. The van der Waals surface area contributed by atoms with Gasteiger partial charge in [-0.15, -0.1) is 0 Å². The summed E-state index contributed by atoms with van der Waals surface area (Å²) in [5.41, 5.74) is 1.66. The predicted molar refractivity (Wildman–Crippen MR) is 128 cm³/mol. The standard InChI is InChI=1S/C24H23ClFN5O3/c1-33-21-9-19-16(24(28-13-27-19)29-15-4-5-18(26)17(25)7-15)8-20(21)30-23(32)3-2-6-31-10-14-12-34-22(14)11-31/h2-5,7-9,13-14,22H,6,10-12H2,1H3,(H,30,32)(H,27,28,29)/b3-2+. The average Bonchev–Trinajstić information content (AvgIpc) is 3.09. The molecule has 2 aliphatic heterocycles. The number of amides is 1. The van der Waals surface area contributed by atoms with Crippen molar-refractivity contribution in [2.45, 2.75) is 6.10 Å². The van der Waals surface area contributed by atoms with Crippen LogP contribution in [0.25, 0.3) is 10.9 Å². The second-order valence-electron chi connectivity index (χ2n) is 8.29. The Morgan fingerprint density at radius 1 is 1.32 bits per heavy atom. The third kappa shape index (κ3) is 4.68. The predicted octanol–water partition coefficient (Wildman–Crippen LogP) is 4.00. The van der Waals surface area contributed by atoms with Crippen LogP contribution in [-0.4, -0.2) is 60.2 Å². The quantitative estimate of drug-likeness (QED) is 0.491. The number of nitrogens with zero attached hydrogens (tertiary/aromatic N) is 3. The number of likely N-dealkylation sites (tertiary alicyclic amines) is 1. The number of hydrogen-bond donors (Lipinski definition) is 2. The Bertz CT molecular complexity index is 1260. The number of anilines is 3. The van der Waals surface area contributed by atoms with E-state index in [0.717, 1.165) is 19.7 Å². The van der Waals surface area contributed by atoms with Crippen molar-refractivity contribution in [1.29, 1.82) is 0 Å². The van der Waals surface area contributed by atoms with Gasteiger partial charge in [-0.25, -0.2) is 14.4 Å². The maximum absolute atomic E-state index is 13.5. The molecule has 34 heavy (non-hydrogen) atoms. The summed E-state index contributed by atoms with van der Waals surface area (Å²) in [4.78, 5) is 23.5. The van der Waals surface area contributed by atoms with Gasteiger partial charge in [0.05, 0.1) is 36.0 Å². The van der Waals surface area contributed by atoms with Gasteiger partial charge in [-0.2, -0.15) is 0 Å². The lowest BCUT2D eigenvalue weighted by molar-refractivity contribution is -0.111. The summed E-state index contributed by atoms with van der Waals surface area (Å²) >= 11 is 5.89. The summed E-state index contributed by atoms with van der Waals surface area (Å²) in [5, 5.41) is 6.64. The van der Waals surface area contributed by atoms with Gasteiger partial charge in [0.25, 0.3) is 0 Å². The summed E-state index contributed by atoms with van der Waals surface area (Å²) in [5.74, 6) is 0.796. The molecule has 0 bridgehead atoms. The van der Waals surface area contributed by atoms with E-state index in [-0.39, 0.29) is 10.9 Å². The molecule has 2 unspecified atom stereocenters. The second-order valence-corrected chi connectivity index (χ2v) is 8.70. The molecule has 0 spiro atoms. The zero-order chi connectivity index (χ0) is 23.7. The van der Waals surface area contributed by atoms with Crippen LogP contribution in [0, 0.1) is 11.7 Å². The fraction of sp³-hybridized carbons (Fsp3) is 0.292. The summed E-state index contributed by atoms with van der Waals surface area (Å²) < 4.78 is 24.5. The number of ether oxygens (including phenoxy) is 2. The molecule has 3 aromatic rings. The average molecular weight is 484 g/mol. The van der Waals surface area contributed by atoms with Crippen molar-refractivity contribution >= 4 is 45.6 Å². The third-order valence-electron chi connectivity index (χ3n) is 6.01. The topological polar surface area (TPSA) is 88.6 Å². The van der Waals surface area contributed by atoms with Crippen LogP contribution in [0.4, 0.5) is 21.6 Å². The van der Waals surface area contributed by atoms with Gasteiger partial charge >= 0.3 is 0 Å². The number of carbonyl (C=O) groups is 1. The second kappa shape index (κ2) is 9.54. The molecule has 0 radical (unpaired) electrons. The fourth-order valence-electron chi connectivity index (χ4n) is 4.19. The first-order valence-corrected chi connectivity index (χ1v) is 11.2. The molecule has 1 aromatic heterocycles. The Hall–Kier alpha value is -3.27. The van der Waals surface area contributed by atoms with Crippen LogP contribution >= 0.6 is 11.6 Å². The number of aromatic nitrogens is 2. The summed E-state index contributed by atoms with van der Waals surface area (Å²) in [6.45, 7) is 3.44. The molecule has 2 atom stereocenters. The monoisotopic (exact) mass is 483 g/mol. The Morgan fingerprint density at radius 2 is 2.21 bits per heavy atom. The first-order valence-electron chi connectivity index (χ1n) is 10.9. The Balaban J connectivity index is 1.33. The van der Waals surface area contributed by atoms with E-state index >= 15 is 0 Å². The van der Waals surface area contributed by atoms with Gasteiger partial charge in [0.2, 0.25) is 5.91 Å². The number of benzene rings is 2.